The topological polar surface area (TPSA) is 96.3 Å². The first-order valence-corrected chi connectivity index (χ1v) is 6.35. The minimum atomic E-state index is -1.15. The number of aromatic carboxylic acids is 1. The molecular formula is C13H13ClN4O3. The molecule has 1 aromatic heterocycles. The zero-order valence-electron chi connectivity index (χ0n) is 11.3. The number of halogens is 1. The first-order valence-electron chi connectivity index (χ1n) is 5.98. The molecule has 0 unspecified atom stereocenters. The van der Waals surface area contributed by atoms with E-state index in [0.717, 1.165) is 0 Å². The fraction of sp³-hybridized carbons (Fsp3) is 0.154. The van der Waals surface area contributed by atoms with Gasteiger partial charge in [-0.05, 0) is 25.1 Å². The molecule has 7 nitrogen and oxygen atoms in total. The molecule has 21 heavy (non-hydrogen) atoms. The van der Waals surface area contributed by atoms with Gasteiger partial charge in [0, 0.05) is 18.3 Å². The molecule has 0 saturated carbocycles. The fourth-order valence-electron chi connectivity index (χ4n) is 1.80. The van der Waals surface area contributed by atoms with Crippen molar-refractivity contribution in [2.45, 2.75) is 6.92 Å². The third kappa shape index (κ3) is 3.51. The molecule has 0 aliphatic heterocycles. The molecule has 0 spiro atoms. The lowest BCUT2D eigenvalue weighted by molar-refractivity contribution is 0.0698. The Morgan fingerprint density at radius 2 is 1.95 bits per heavy atom. The number of anilines is 2. The van der Waals surface area contributed by atoms with Crippen molar-refractivity contribution in [3.8, 4) is 0 Å². The number of carbonyl (C=O) groups excluding carboxylic acids is 1. The third-order valence-electron chi connectivity index (χ3n) is 2.72. The van der Waals surface area contributed by atoms with Gasteiger partial charge >= 0.3 is 12.0 Å². The molecule has 0 bridgehead atoms. The molecule has 2 rings (SSSR count). The number of benzene rings is 1. The van der Waals surface area contributed by atoms with Crippen molar-refractivity contribution in [1.29, 1.82) is 0 Å². The van der Waals surface area contributed by atoms with E-state index in [1.807, 2.05) is 0 Å². The number of rotatable bonds is 3. The summed E-state index contributed by atoms with van der Waals surface area (Å²) >= 11 is 5.82. The number of carboxylic acids is 1. The lowest BCUT2D eigenvalue weighted by Gasteiger charge is -2.09. The van der Waals surface area contributed by atoms with Crippen molar-refractivity contribution in [3.63, 3.8) is 0 Å². The van der Waals surface area contributed by atoms with E-state index in [1.165, 1.54) is 18.2 Å². The quantitative estimate of drug-likeness (QED) is 0.812. The number of aryl methyl sites for hydroxylation is 2. The summed E-state index contributed by atoms with van der Waals surface area (Å²) in [6.45, 7) is 1.75. The van der Waals surface area contributed by atoms with Crippen LogP contribution in [0.15, 0.2) is 24.4 Å². The van der Waals surface area contributed by atoms with E-state index in [9.17, 15) is 9.59 Å². The van der Waals surface area contributed by atoms with Gasteiger partial charge in [0.25, 0.3) is 0 Å². The molecule has 1 aromatic carbocycles. The second-order valence-electron chi connectivity index (χ2n) is 4.38. The van der Waals surface area contributed by atoms with E-state index in [1.54, 1.807) is 24.9 Å². The van der Waals surface area contributed by atoms with Crippen molar-refractivity contribution in [2.75, 3.05) is 10.6 Å². The van der Waals surface area contributed by atoms with Crippen LogP contribution in [0.5, 0.6) is 0 Å². The summed E-state index contributed by atoms with van der Waals surface area (Å²) in [6, 6.07) is 3.58. The molecule has 1 heterocycles. The number of hydrogen-bond acceptors (Lipinski definition) is 3. The Balaban J connectivity index is 2.18. The molecular weight excluding hydrogens is 296 g/mol. The van der Waals surface area contributed by atoms with Crippen molar-refractivity contribution >= 4 is 35.0 Å². The molecule has 0 aliphatic rings. The zero-order valence-corrected chi connectivity index (χ0v) is 12.1. The predicted octanol–water partition coefficient (Wildman–Crippen LogP) is 2.72. The highest BCUT2D eigenvalue weighted by Crippen LogP contribution is 2.21. The van der Waals surface area contributed by atoms with Crippen molar-refractivity contribution in [1.82, 2.24) is 9.78 Å². The number of carboxylic acid groups (broad SMARTS) is 1. The largest absolute Gasteiger partial charge is 0.478 e. The summed E-state index contributed by atoms with van der Waals surface area (Å²) in [5.41, 5.74) is 1.26. The molecule has 2 aromatic rings. The second-order valence-corrected chi connectivity index (χ2v) is 4.81. The Kier molecular flexibility index (Phi) is 4.13. The van der Waals surface area contributed by atoms with Gasteiger partial charge < -0.3 is 15.7 Å². The summed E-state index contributed by atoms with van der Waals surface area (Å²) in [4.78, 5) is 23.0. The highest BCUT2D eigenvalue weighted by Gasteiger charge is 2.14. The first-order chi connectivity index (χ1) is 9.86. The summed E-state index contributed by atoms with van der Waals surface area (Å²) in [5, 5.41) is 18.6. The van der Waals surface area contributed by atoms with Crippen LogP contribution in [0.4, 0.5) is 16.2 Å². The van der Waals surface area contributed by atoms with Gasteiger partial charge in [0.15, 0.2) is 0 Å². The molecule has 0 radical (unpaired) electrons. The number of urea groups is 1. The minimum Gasteiger partial charge on any atom is -0.478 e. The molecule has 2 amide bonds. The van der Waals surface area contributed by atoms with Crippen LogP contribution in [0, 0.1) is 6.92 Å². The lowest BCUT2D eigenvalue weighted by atomic mass is 10.2. The molecule has 3 N–H and O–H groups in total. The summed E-state index contributed by atoms with van der Waals surface area (Å²) < 4.78 is 1.56. The van der Waals surface area contributed by atoms with Gasteiger partial charge in [0.2, 0.25) is 0 Å². The van der Waals surface area contributed by atoms with Crippen molar-refractivity contribution in [2.24, 2.45) is 7.05 Å². The maximum atomic E-state index is 11.9. The van der Waals surface area contributed by atoms with Crippen LogP contribution in [0.25, 0.3) is 0 Å². The maximum absolute atomic E-state index is 11.9. The predicted molar refractivity (Wildman–Crippen MR) is 79.0 cm³/mol. The number of hydrogen-bond donors (Lipinski definition) is 3. The number of aromatic nitrogens is 2. The minimum absolute atomic E-state index is 0.0440. The van der Waals surface area contributed by atoms with Gasteiger partial charge in [-0.25, -0.2) is 9.59 Å². The van der Waals surface area contributed by atoms with E-state index in [0.29, 0.717) is 16.4 Å². The molecule has 0 aliphatic carbocycles. The Labute approximate surface area is 125 Å². The van der Waals surface area contributed by atoms with E-state index < -0.39 is 12.0 Å². The molecule has 0 atom stereocenters. The van der Waals surface area contributed by atoms with Gasteiger partial charge in [-0.3, -0.25) is 4.68 Å². The number of nitrogens with zero attached hydrogens (tertiary/aromatic N) is 2. The first kappa shape index (κ1) is 14.9. The fourth-order valence-corrected chi connectivity index (χ4v) is 1.98. The standard InChI is InChI=1S/C13H13ClN4O3/c1-7-11(6-18(2)17-7)16-13(21)15-10-5-8(14)3-4-9(10)12(19)20/h3-6H,1-2H3,(H,19,20)(H2,15,16,21). The summed E-state index contributed by atoms with van der Waals surface area (Å²) in [6.07, 6.45) is 1.64. The molecule has 8 heteroatoms. The Hall–Kier alpha value is -2.54. The van der Waals surface area contributed by atoms with Crippen LogP contribution in [-0.2, 0) is 7.05 Å². The van der Waals surface area contributed by atoms with Gasteiger partial charge in [-0.15, -0.1) is 0 Å². The van der Waals surface area contributed by atoms with Crippen LogP contribution in [-0.4, -0.2) is 26.9 Å². The molecule has 0 fully saturated rings. The maximum Gasteiger partial charge on any atom is 0.337 e. The highest BCUT2D eigenvalue weighted by atomic mass is 35.5. The SMILES string of the molecule is Cc1nn(C)cc1NC(=O)Nc1cc(Cl)ccc1C(=O)O. The average Bonchev–Trinajstić information content (AvgIpc) is 2.67. The number of nitrogens with one attached hydrogen (secondary N) is 2. The zero-order chi connectivity index (χ0) is 15.6. The lowest BCUT2D eigenvalue weighted by Crippen LogP contribution is -2.21. The highest BCUT2D eigenvalue weighted by molar-refractivity contribution is 6.31. The van der Waals surface area contributed by atoms with Crippen molar-refractivity contribution < 1.29 is 14.7 Å². The number of amides is 2. The normalized spacial score (nSPS) is 10.2. The molecule has 0 saturated heterocycles. The van der Waals surface area contributed by atoms with E-state index in [-0.39, 0.29) is 11.3 Å². The number of carbonyl (C=O) groups is 2. The van der Waals surface area contributed by atoms with Gasteiger partial charge in [0.05, 0.1) is 22.6 Å². The van der Waals surface area contributed by atoms with Crippen molar-refractivity contribution in [3.05, 3.63) is 40.7 Å². The Bertz CT molecular complexity index is 711. The van der Waals surface area contributed by atoms with E-state index >= 15 is 0 Å². The van der Waals surface area contributed by atoms with Crippen LogP contribution >= 0.6 is 11.6 Å². The Morgan fingerprint density at radius 1 is 1.29 bits per heavy atom. The van der Waals surface area contributed by atoms with Crippen LogP contribution in [0.2, 0.25) is 5.02 Å². The monoisotopic (exact) mass is 308 g/mol. The smallest absolute Gasteiger partial charge is 0.337 e. The third-order valence-corrected chi connectivity index (χ3v) is 2.96. The van der Waals surface area contributed by atoms with Gasteiger partial charge in [0.1, 0.15) is 0 Å². The van der Waals surface area contributed by atoms with Gasteiger partial charge in [-0.1, -0.05) is 11.6 Å². The summed E-state index contributed by atoms with van der Waals surface area (Å²) in [5.74, 6) is -1.15. The van der Waals surface area contributed by atoms with Gasteiger partial charge in [-0.2, -0.15) is 5.10 Å². The van der Waals surface area contributed by atoms with Crippen LogP contribution in [0.3, 0.4) is 0 Å². The van der Waals surface area contributed by atoms with E-state index in [2.05, 4.69) is 15.7 Å². The average molecular weight is 309 g/mol. The van der Waals surface area contributed by atoms with Crippen LogP contribution in [0.1, 0.15) is 16.1 Å². The van der Waals surface area contributed by atoms with Crippen LogP contribution < -0.4 is 10.6 Å². The van der Waals surface area contributed by atoms with E-state index in [4.69, 9.17) is 16.7 Å². The Morgan fingerprint density at radius 3 is 2.52 bits per heavy atom. The molecule has 110 valence electrons. The summed E-state index contributed by atoms with van der Waals surface area (Å²) in [7, 11) is 1.73. The second kappa shape index (κ2) is 5.84.